The molecule has 0 atom stereocenters. The van der Waals surface area contributed by atoms with Crippen molar-refractivity contribution in [1.82, 2.24) is 14.0 Å². The van der Waals surface area contributed by atoms with E-state index < -0.39 is 11.7 Å². The second-order valence-corrected chi connectivity index (χ2v) is 8.37. The Balaban J connectivity index is 1.52. The third kappa shape index (κ3) is 3.42. The van der Waals surface area contributed by atoms with E-state index >= 15 is 0 Å². The van der Waals surface area contributed by atoms with Gasteiger partial charge in [0.1, 0.15) is 0 Å². The zero-order valence-electron chi connectivity index (χ0n) is 17.8. The first-order valence-corrected chi connectivity index (χ1v) is 10.4. The predicted molar refractivity (Wildman–Crippen MR) is 119 cm³/mol. The van der Waals surface area contributed by atoms with Crippen LogP contribution in [0.2, 0.25) is 0 Å². The molecule has 7 heteroatoms. The first-order valence-electron chi connectivity index (χ1n) is 10.4. The van der Waals surface area contributed by atoms with Gasteiger partial charge in [-0.15, -0.1) is 0 Å². The van der Waals surface area contributed by atoms with Crippen molar-refractivity contribution >= 4 is 10.9 Å². The lowest BCUT2D eigenvalue weighted by Gasteiger charge is -2.23. The zero-order valence-corrected chi connectivity index (χ0v) is 17.8. The van der Waals surface area contributed by atoms with Crippen molar-refractivity contribution < 1.29 is 13.2 Å². The molecule has 0 fully saturated rings. The van der Waals surface area contributed by atoms with Crippen LogP contribution in [0.15, 0.2) is 65.6 Å². The summed E-state index contributed by atoms with van der Waals surface area (Å²) in [5.41, 5.74) is 4.72. The minimum atomic E-state index is -4.38. The van der Waals surface area contributed by atoms with E-state index in [2.05, 4.69) is 29.6 Å². The summed E-state index contributed by atoms with van der Waals surface area (Å²) in [5, 5.41) is 1.22. The number of nitrogens with zero attached hydrogens (tertiary/aromatic N) is 3. The maximum Gasteiger partial charge on any atom is 0.416 e. The maximum absolute atomic E-state index is 12.9. The molecule has 0 radical (unpaired) electrons. The Morgan fingerprint density at radius 2 is 1.66 bits per heavy atom. The lowest BCUT2D eigenvalue weighted by Crippen LogP contribution is -2.27. The molecule has 164 valence electrons. The highest BCUT2D eigenvalue weighted by Gasteiger charge is 2.30. The average molecular weight is 437 g/mol. The quantitative estimate of drug-likeness (QED) is 0.442. The van der Waals surface area contributed by atoms with Crippen LogP contribution in [0.5, 0.6) is 0 Å². The van der Waals surface area contributed by atoms with Crippen LogP contribution in [0.1, 0.15) is 16.8 Å². The van der Waals surface area contributed by atoms with Gasteiger partial charge >= 0.3 is 6.18 Å². The largest absolute Gasteiger partial charge is 0.416 e. The Bertz CT molecular complexity index is 1380. The standard InChI is InChI=1S/C25H22F3N3O/c1-29-11-10-21-20-8-7-19(14-22(20)30(2)23(21)15-29)31-12-9-17(13-24(31)32)16-3-5-18(6-4-16)25(26,27)28/h3-9,12-14H,10-11,15H2,1-2H3. The summed E-state index contributed by atoms with van der Waals surface area (Å²) in [6, 6.07) is 14.1. The Labute approximate surface area is 183 Å². The second kappa shape index (κ2) is 7.38. The van der Waals surface area contributed by atoms with Crippen LogP contribution in [0, 0.1) is 0 Å². The summed E-state index contributed by atoms with van der Waals surface area (Å²) in [6.45, 7) is 1.93. The molecule has 2 aromatic heterocycles. The van der Waals surface area contributed by atoms with Gasteiger partial charge in [-0.05, 0) is 60.5 Å². The number of pyridine rings is 1. The Hall–Kier alpha value is -3.32. The van der Waals surface area contributed by atoms with Gasteiger partial charge in [0.2, 0.25) is 0 Å². The number of hydrogen-bond donors (Lipinski definition) is 0. The first kappa shape index (κ1) is 20.6. The molecule has 4 nitrogen and oxygen atoms in total. The van der Waals surface area contributed by atoms with Crippen LogP contribution in [0.3, 0.4) is 0 Å². The van der Waals surface area contributed by atoms with Gasteiger partial charge < -0.3 is 9.47 Å². The van der Waals surface area contributed by atoms with Crippen LogP contribution in [-0.2, 0) is 26.2 Å². The van der Waals surface area contributed by atoms with Gasteiger partial charge in [0.15, 0.2) is 0 Å². The molecule has 1 aliphatic rings. The molecular formula is C25H22F3N3O. The molecular weight excluding hydrogens is 415 g/mol. The van der Waals surface area contributed by atoms with E-state index in [0.717, 1.165) is 42.8 Å². The molecule has 32 heavy (non-hydrogen) atoms. The maximum atomic E-state index is 12.9. The van der Waals surface area contributed by atoms with Gasteiger partial charge in [-0.25, -0.2) is 0 Å². The molecule has 1 aliphatic heterocycles. The first-order chi connectivity index (χ1) is 15.2. The van der Waals surface area contributed by atoms with Crippen molar-refractivity contribution in [3.05, 3.63) is 88.0 Å². The van der Waals surface area contributed by atoms with Crippen molar-refractivity contribution in [3.8, 4) is 16.8 Å². The molecule has 0 amide bonds. The van der Waals surface area contributed by atoms with Crippen LogP contribution in [-0.4, -0.2) is 27.6 Å². The monoisotopic (exact) mass is 437 g/mol. The number of aromatic nitrogens is 2. The number of likely N-dealkylation sites (N-methyl/N-ethyl adjacent to an activating group) is 1. The fraction of sp³-hybridized carbons (Fsp3) is 0.240. The number of fused-ring (bicyclic) bond motifs is 3. The van der Waals surface area contributed by atoms with Crippen molar-refractivity contribution in [2.24, 2.45) is 7.05 Å². The summed E-state index contributed by atoms with van der Waals surface area (Å²) in [6.07, 6.45) is -1.70. The third-order valence-electron chi connectivity index (χ3n) is 6.33. The molecule has 5 rings (SSSR count). The van der Waals surface area contributed by atoms with Crippen molar-refractivity contribution in [2.75, 3.05) is 13.6 Å². The molecule has 0 saturated carbocycles. The molecule has 0 N–H and O–H groups in total. The lowest BCUT2D eigenvalue weighted by molar-refractivity contribution is -0.137. The van der Waals surface area contributed by atoms with Gasteiger partial charge in [-0.2, -0.15) is 13.2 Å². The number of aryl methyl sites for hydroxylation is 1. The topological polar surface area (TPSA) is 30.2 Å². The van der Waals surface area contributed by atoms with Crippen LogP contribution in [0.4, 0.5) is 13.2 Å². The van der Waals surface area contributed by atoms with Crippen molar-refractivity contribution in [2.45, 2.75) is 19.1 Å². The van der Waals surface area contributed by atoms with Crippen molar-refractivity contribution in [1.29, 1.82) is 0 Å². The molecule has 0 saturated heterocycles. The van der Waals surface area contributed by atoms with E-state index in [0.29, 0.717) is 11.1 Å². The Morgan fingerprint density at radius 1 is 0.906 bits per heavy atom. The molecule has 0 bridgehead atoms. The second-order valence-electron chi connectivity index (χ2n) is 8.37. The van der Waals surface area contributed by atoms with Gasteiger partial charge in [-0.1, -0.05) is 18.2 Å². The van der Waals surface area contributed by atoms with Crippen molar-refractivity contribution in [3.63, 3.8) is 0 Å². The fourth-order valence-electron chi connectivity index (χ4n) is 4.55. The van der Waals surface area contributed by atoms with Crippen LogP contribution >= 0.6 is 0 Å². The molecule has 2 aromatic carbocycles. The van der Waals surface area contributed by atoms with E-state index in [1.54, 1.807) is 16.8 Å². The van der Waals surface area contributed by atoms with E-state index in [-0.39, 0.29) is 5.56 Å². The van der Waals surface area contributed by atoms with E-state index in [1.807, 2.05) is 12.1 Å². The molecule has 0 unspecified atom stereocenters. The molecule has 0 spiro atoms. The normalized spacial score (nSPS) is 14.7. The van der Waals surface area contributed by atoms with Crippen LogP contribution in [0.25, 0.3) is 27.7 Å². The third-order valence-corrected chi connectivity index (χ3v) is 6.33. The highest BCUT2D eigenvalue weighted by Crippen LogP contribution is 2.32. The van der Waals surface area contributed by atoms with Crippen LogP contribution < -0.4 is 5.56 Å². The van der Waals surface area contributed by atoms with E-state index in [1.165, 1.54) is 34.8 Å². The summed E-state index contributed by atoms with van der Waals surface area (Å²) in [5.74, 6) is 0. The predicted octanol–water partition coefficient (Wildman–Crippen LogP) is 5.00. The zero-order chi connectivity index (χ0) is 22.6. The summed E-state index contributed by atoms with van der Waals surface area (Å²) >= 11 is 0. The number of alkyl halides is 3. The summed E-state index contributed by atoms with van der Waals surface area (Å²) in [7, 11) is 4.17. The number of rotatable bonds is 2. The summed E-state index contributed by atoms with van der Waals surface area (Å²) in [4.78, 5) is 15.2. The number of benzene rings is 2. The minimum Gasteiger partial charge on any atom is -0.346 e. The van der Waals surface area contributed by atoms with Gasteiger partial charge in [-0.3, -0.25) is 9.36 Å². The van der Waals surface area contributed by atoms with Gasteiger partial charge in [0, 0.05) is 43.5 Å². The Kier molecular flexibility index (Phi) is 4.74. The van der Waals surface area contributed by atoms with Gasteiger partial charge in [0.25, 0.3) is 5.56 Å². The van der Waals surface area contributed by atoms with E-state index in [9.17, 15) is 18.0 Å². The Morgan fingerprint density at radius 3 is 2.34 bits per heavy atom. The molecule has 3 heterocycles. The average Bonchev–Trinajstić information content (AvgIpc) is 3.04. The smallest absolute Gasteiger partial charge is 0.346 e. The number of halogens is 3. The van der Waals surface area contributed by atoms with Gasteiger partial charge in [0.05, 0.1) is 16.8 Å². The molecule has 0 aliphatic carbocycles. The molecule has 4 aromatic rings. The summed E-state index contributed by atoms with van der Waals surface area (Å²) < 4.78 is 42.2. The SMILES string of the molecule is CN1CCc2c(n(C)c3cc(-n4ccc(-c5ccc(C(F)(F)F)cc5)cc4=O)ccc23)C1. The highest BCUT2D eigenvalue weighted by atomic mass is 19.4. The fourth-order valence-corrected chi connectivity index (χ4v) is 4.55. The highest BCUT2D eigenvalue weighted by molar-refractivity contribution is 5.87. The van der Waals surface area contributed by atoms with E-state index in [4.69, 9.17) is 0 Å². The minimum absolute atomic E-state index is 0.236. The lowest BCUT2D eigenvalue weighted by atomic mass is 10.0. The number of hydrogen-bond acceptors (Lipinski definition) is 2.